The first-order valence-electron chi connectivity index (χ1n) is 13.5. The molecule has 7 rings (SSSR count). The normalized spacial score (nSPS) is 42.3. The second-order valence-electron chi connectivity index (χ2n) is 12.6. The number of rotatable bonds is 6. The van der Waals surface area contributed by atoms with Crippen molar-refractivity contribution in [3.63, 3.8) is 0 Å². The van der Waals surface area contributed by atoms with Crippen LogP contribution in [-0.2, 0) is 10.2 Å². The molecule has 1 heterocycles. The van der Waals surface area contributed by atoms with Crippen molar-refractivity contribution in [3.8, 4) is 11.5 Å². The Labute approximate surface area is 208 Å². The van der Waals surface area contributed by atoms with Crippen molar-refractivity contribution < 1.29 is 19.0 Å². The van der Waals surface area contributed by atoms with E-state index in [1.54, 1.807) is 14.2 Å². The molecule has 0 aromatic heterocycles. The smallest absolute Gasteiger partial charge is 0.412 e. The van der Waals surface area contributed by atoms with Gasteiger partial charge in [0.1, 0.15) is 5.76 Å². The maximum absolute atomic E-state index is 12.9. The Kier molecular flexibility index (Phi) is 4.66. The number of benzene rings is 1. The number of allylic oxidation sites excluding steroid dienone is 1. The number of ether oxygens (including phenoxy) is 3. The third-order valence-electron chi connectivity index (χ3n) is 11.4. The topological polar surface area (TPSA) is 60.0 Å². The number of carbonyl (C=O) groups excluding carboxylic acids is 1. The number of amides is 1. The number of hydrogen-bond acceptors (Lipinski definition) is 5. The molecule has 35 heavy (non-hydrogen) atoms. The van der Waals surface area contributed by atoms with Crippen molar-refractivity contribution in [3.05, 3.63) is 35.6 Å². The van der Waals surface area contributed by atoms with Crippen LogP contribution < -0.4 is 14.8 Å². The molecule has 1 N–H and O–H groups in total. The van der Waals surface area contributed by atoms with Crippen molar-refractivity contribution in [1.29, 1.82) is 0 Å². The van der Waals surface area contributed by atoms with Crippen LogP contribution in [0, 0.1) is 28.6 Å². The maximum atomic E-state index is 12.9. The van der Waals surface area contributed by atoms with Crippen molar-refractivity contribution in [1.82, 2.24) is 10.2 Å². The Bertz CT molecular complexity index is 1080. The van der Waals surface area contributed by atoms with Crippen LogP contribution >= 0.6 is 0 Å². The van der Waals surface area contributed by atoms with Gasteiger partial charge in [0, 0.05) is 24.4 Å². The molecule has 1 saturated heterocycles. The molecule has 6 aliphatic rings. The van der Waals surface area contributed by atoms with E-state index in [2.05, 4.69) is 35.5 Å². The van der Waals surface area contributed by atoms with Gasteiger partial charge in [0.15, 0.2) is 11.5 Å². The van der Waals surface area contributed by atoms with Gasteiger partial charge in [-0.05, 0) is 111 Å². The summed E-state index contributed by atoms with van der Waals surface area (Å²) >= 11 is 0. The van der Waals surface area contributed by atoms with Crippen molar-refractivity contribution in [2.24, 2.45) is 28.6 Å². The first-order chi connectivity index (χ1) is 16.9. The van der Waals surface area contributed by atoms with E-state index in [0.717, 1.165) is 67.4 Å². The zero-order valence-corrected chi connectivity index (χ0v) is 21.3. The van der Waals surface area contributed by atoms with E-state index in [9.17, 15) is 4.79 Å². The highest BCUT2D eigenvalue weighted by molar-refractivity contribution is 5.68. The number of likely N-dealkylation sites (tertiary alicyclic amines) is 1. The number of hydrogen-bond donors (Lipinski definition) is 1. The summed E-state index contributed by atoms with van der Waals surface area (Å²) in [4.78, 5) is 15.3. The third-order valence-corrected chi connectivity index (χ3v) is 11.4. The summed E-state index contributed by atoms with van der Waals surface area (Å²) < 4.78 is 17.0. The van der Waals surface area contributed by atoms with E-state index in [1.807, 2.05) is 6.07 Å². The summed E-state index contributed by atoms with van der Waals surface area (Å²) in [5.41, 5.74) is 2.30. The molecule has 1 aromatic rings. The van der Waals surface area contributed by atoms with Crippen LogP contribution in [0.4, 0.5) is 4.79 Å². The Balaban J connectivity index is 1.03. The van der Waals surface area contributed by atoms with Crippen molar-refractivity contribution >= 4 is 6.09 Å². The summed E-state index contributed by atoms with van der Waals surface area (Å²) in [6.45, 7) is 1.82. The van der Waals surface area contributed by atoms with Crippen LogP contribution in [0.1, 0.15) is 56.9 Å². The Morgan fingerprint density at radius 1 is 1.11 bits per heavy atom. The average Bonchev–Trinajstić information content (AvgIpc) is 3.46. The molecule has 6 heteroatoms. The number of likely N-dealkylation sites (N-methyl/N-ethyl adjacent to an activating group) is 1. The van der Waals surface area contributed by atoms with Crippen LogP contribution in [0.15, 0.2) is 30.0 Å². The predicted octanol–water partition coefficient (Wildman–Crippen LogP) is 4.88. The minimum atomic E-state index is -0.266. The minimum absolute atomic E-state index is 0.00129. The van der Waals surface area contributed by atoms with Crippen LogP contribution in [0.2, 0.25) is 0 Å². The first kappa shape index (κ1) is 22.0. The zero-order valence-electron chi connectivity index (χ0n) is 21.3. The third kappa shape index (κ3) is 2.89. The molecule has 1 aliphatic heterocycles. The predicted molar refractivity (Wildman–Crippen MR) is 132 cm³/mol. The van der Waals surface area contributed by atoms with Gasteiger partial charge in [0.05, 0.1) is 14.2 Å². The monoisotopic (exact) mass is 478 g/mol. The number of nitrogens with one attached hydrogen (secondary N) is 1. The van der Waals surface area contributed by atoms with Crippen molar-refractivity contribution in [2.45, 2.75) is 62.8 Å². The van der Waals surface area contributed by atoms with E-state index in [1.165, 1.54) is 37.7 Å². The number of nitrogens with zero attached hydrogens (tertiary/aromatic N) is 1. The van der Waals surface area contributed by atoms with Gasteiger partial charge in [-0.15, -0.1) is 0 Å². The lowest BCUT2D eigenvalue weighted by Gasteiger charge is -2.66. The quantitative estimate of drug-likeness (QED) is 0.632. The highest BCUT2D eigenvalue weighted by Crippen LogP contribution is 2.84. The molecule has 0 radical (unpaired) electrons. The molecule has 4 atom stereocenters. The second kappa shape index (κ2) is 7.41. The number of fused-ring (bicyclic) bond motifs is 2. The average molecular weight is 479 g/mol. The molecule has 4 unspecified atom stereocenters. The van der Waals surface area contributed by atoms with Gasteiger partial charge in [-0.1, -0.05) is 6.07 Å². The van der Waals surface area contributed by atoms with Gasteiger partial charge in [0.25, 0.3) is 0 Å². The summed E-state index contributed by atoms with van der Waals surface area (Å²) in [6, 6.07) is 6.60. The fourth-order valence-electron chi connectivity index (χ4n) is 9.83. The molecule has 2 bridgehead atoms. The van der Waals surface area contributed by atoms with E-state index in [-0.39, 0.29) is 11.5 Å². The highest BCUT2D eigenvalue weighted by Gasteiger charge is 2.77. The Morgan fingerprint density at radius 2 is 1.89 bits per heavy atom. The van der Waals surface area contributed by atoms with E-state index >= 15 is 0 Å². The van der Waals surface area contributed by atoms with E-state index < -0.39 is 0 Å². The SMILES string of the molecule is COc1ccc(C23CC=C(OC(=O)NCC45CC6CC7CC(C4)C76C5)CC2N(C)CC3)cc1OC. The lowest BCUT2D eigenvalue weighted by Crippen LogP contribution is -2.59. The van der Waals surface area contributed by atoms with Crippen LogP contribution in [0.3, 0.4) is 0 Å². The standard InChI is InChI=1S/C29H38N2O4/c1-31-9-8-28(18-4-5-23(33-2)24(12-18)34-3)7-6-22(13-25(28)31)35-26(32)30-17-27-14-20-10-19-11-21(15-27)29(19,20)16-27/h4-6,12,19-21,25H,7-11,13-17H2,1-3H3,(H,30,32). The molecule has 1 amide bonds. The van der Waals surface area contributed by atoms with Crippen LogP contribution in [-0.4, -0.2) is 51.4 Å². The van der Waals surface area contributed by atoms with Gasteiger partial charge in [-0.2, -0.15) is 0 Å². The second-order valence-corrected chi connectivity index (χ2v) is 12.6. The Hall–Kier alpha value is -2.21. The summed E-state index contributed by atoms with van der Waals surface area (Å²) in [7, 11) is 5.54. The summed E-state index contributed by atoms with van der Waals surface area (Å²) in [5.74, 6) is 5.23. The lowest BCUT2D eigenvalue weighted by molar-refractivity contribution is -0.177. The van der Waals surface area contributed by atoms with Gasteiger partial charge < -0.3 is 24.4 Å². The summed E-state index contributed by atoms with van der Waals surface area (Å²) in [5, 5.41) is 3.19. The molecule has 5 aliphatic carbocycles. The molecular weight excluding hydrogens is 440 g/mol. The number of methoxy groups -OCH3 is 2. The fraction of sp³-hybridized carbons (Fsp3) is 0.690. The highest BCUT2D eigenvalue weighted by atomic mass is 16.6. The van der Waals surface area contributed by atoms with Crippen LogP contribution in [0.25, 0.3) is 0 Å². The molecule has 1 spiro atoms. The lowest BCUT2D eigenvalue weighted by atomic mass is 9.38. The zero-order chi connectivity index (χ0) is 24.0. The van der Waals surface area contributed by atoms with E-state index in [4.69, 9.17) is 14.2 Å². The Morgan fingerprint density at radius 3 is 2.57 bits per heavy atom. The first-order valence-corrected chi connectivity index (χ1v) is 13.5. The molecule has 1 aromatic carbocycles. The van der Waals surface area contributed by atoms with Gasteiger partial charge in [0.2, 0.25) is 0 Å². The number of carbonyl (C=O) groups is 1. The molecule has 6 nitrogen and oxygen atoms in total. The molecule has 4 saturated carbocycles. The van der Waals surface area contributed by atoms with Gasteiger partial charge in [-0.3, -0.25) is 0 Å². The van der Waals surface area contributed by atoms with Gasteiger partial charge in [-0.25, -0.2) is 4.79 Å². The van der Waals surface area contributed by atoms with Crippen LogP contribution in [0.5, 0.6) is 11.5 Å². The molecule has 5 fully saturated rings. The molecular formula is C29H38N2O4. The van der Waals surface area contributed by atoms with E-state index in [0.29, 0.717) is 16.9 Å². The minimum Gasteiger partial charge on any atom is -0.493 e. The molecule has 188 valence electrons. The number of alkyl carbamates (subject to hydrolysis) is 1. The maximum Gasteiger partial charge on any atom is 0.412 e. The van der Waals surface area contributed by atoms with Crippen molar-refractivity contribution in [2.75, 3.05) is 34.4 Å². The van der Waals surface area contributed by atoms with Gasteiger partial charge >= 0.3 is 6.09 Å². The summed E-state index contributed by atoms with van der Waals surface area (Å²) in [6.07, 6.45) is 11.5. The largest absolute Gasteiger partial charge is 0.493 e. The fourth-order valence-corrected chi connectivity index (χ4v) is 9.83.